The molecule has 1 aromatic carbocycles. The maximum Gasteiger partial charge on any atom is 0.573 e. The Balaban J connectivity index is 2.22. The molecule has 1 aliphatic rings. The summed E-state index contributed by atoms with van der Waals surface area (Å²) in [5.74, 6) is -0.506. The fraction of sp³-hybridized carbons (Fsp3) is 0.167. The maximum absolute atomic E-state index is 12.0. The minimum Gasteiger partial charge on any atom is -0.406 e. The lowest BCUT2D eigenvalue weighted by Crippen LogP contribution is -2.32. The van der Waals surface area contributed by atoms with Crippen LogP contribution in [0.15, 0.2) is 30.0 Å². The molecule has 1 amide bonds. The van der Waals surface area contributed by atoms with Crippen molar-refractivity contribution >= 4 is 17.9 Å². The van der Waals surface area contributed by atoms with Gasteiger partial charge >= 0.3 is 18.2 Å². The average Bonchev–Trinajstić information content (AvgIpc) is 2.56. The number of alkyl halides is 3. The molecule has 20 heavy (non-hydrogen) atoms. The van der Waals surface area contributed by atoms with Crippen LogP contribution in [-0.4, -0.2) is 29.9 Å². The molecule has 0 saturated heterocycles. The summed E-state index contributed by atoms with van der Waals surface area (Å²) in [6, 6.07) is 5.15. The molecule has 8 heteroatoms. The van der Waals surface area contributed by atoms with E-state index in [1.807, 2.05) is 0 Å². The summed E-state index contributed by atoms with van der Waals surface area (Å²) in [7, 11) is 1.60. The van der Waals surface area contributed by atoms with Crippen molar-refractivity contribution in [3.63, 3.8) is 0 Å². The summed E-state index contributed by atoms with van der Waals surface area (Å²) in [6.07, 6.45) is -3.22. The number of carbonyl (C=O) groups excluding carboxylic acids is 1. The third kappa shape index (κ3) is 3.08. The Morgan fingerprint density at radius 1 is 1.30 bits per heavy atom. The molecular formula is C12H11F3N3O2+. The number of guanidine groups is 1. The fourth-order valence-corrected chi connectivity index (χ4v) is 1.63. The van der Waals surface area contributed by atoms with Crippen LogP contribution in [0.3, 0.4) is 0 Å². The molecule has 2 rings (SSSR count). The van der Waals surface area contributed by atoms with Gasteiger partial charge in [0.1, 0.15) is 5.75 Å². The standard InChI is InChI=1S/C12H10F3N3O2/c1-18-9(10(19)17-11(18)16)6-7-2-4-8(5-3-7)20-12(13,14)15/h2-6H,1H3,(H2,16,17,19)/p+1. The number of hydrogen-bond acceptors (Lipinski definition) is 3. The van der Waals surface area contributed by atoms with Gasteiger partial charge in [0.05, 0.1) is 7.05 Å². The van der Waals surface area contributed by atoms with Gasteiger partial charge in [-0.25, -0.2) is 14.7 Å². The molecule has 0 radical (unpaired) electrons. The number of carbonyl (C=O) groups is 1. The van der Waals surface area contributed by atoms with Crippen molar-refractivity contribution in [3.05, 3.63) is 35.5 Å². The Hall–Kier alpha value is -2.51. The van der Waals surface area contributed by atoms with Gasteiger partial charge < -0.3 is 4.74 Å². The molecule has 5 nitrogen and oxygen atoms in total. The molecule has 0 spiro atoms. The van der Waals surface area contributed by atoms with Crippen molar-refractivity contribution in [1.82, 2.24) is 5.32 Å². The van der Waals surface area contributed by atoms with E-state index in [2.05, 4.69) is 10.1 Å². The number of halogens is 3. The van der Waals surface area contributed by atoms with Crippen LogP contribution in [-0.2, 0) is 4.79 Å². The number of hydrogen-bond donors (Lipinski definition) is 2. The molecule has 0 aliphatic carbocycles. The third-order valence-electron chi connectivity index (χ3n) is 2.61. The first-order valence-electron chi connectivity index (χ1n) is 5.51. The highest BCUT2D eigenvalue weighted by Crippen LogP contribution is 2.23. The van der Waals surface area contributed by atoms with E-state index in [1.165, 1.54) is 34.9 Å². The Kier molecular flexibility index (Phi) is 3.39. The van der Waals surface area contributed by atoms with E-state index in [-0.39, 0.29) is 17.6 Å². The van der Waals surface area contributed by atoms with Crippen LogP contribution in [0.2, 0.25) is 0 Å². The van der Waals surface area contributed by atoms with Crippen LogP contribution in [0.5, 0.6) is 5.75 Å². The van der Waals surface area contributed by atoms with Crippen molar-refractivity contribution in [2.75, 3.05) is 7.05 Å². The summed E-state index contributed by atoms with van der Waals surface area (Å²) in [6.45, 7) is 0. The van der Waals surface area contributed by atoms with E-state index < -0.39 is 6.36 Å². The van der Waals surface area contributed by atoms with Crippen LogP contribution in [0.1, 0.15) is 5.56 Å². The van der Waals surface area contributed by atoms with Crippen molar-refractivity contribution < 1.29 is 27.3 Å². The SMILES string of the molecule is C[N+]1=C(N)NC(=O)C1=Cc1ccc(OC(F)(F)F)cc1. The first kappa shape index (κ1) is 13.9. The van der Waals surface area contributed by atoms with E-state index in [0.717, 1.165) is 0 Å². The van der Waals surface area contributed by atoms with Crippen molar-refractivity contribution in [2.45, 2.75) is 6.36 Å². The molecule has 0 atom stereocenters. The summed E-state index contributed by atoms with van der Waals surface area (Å²) < 4.78 is 41.2. The van der Waals surface area contributed by atoms with Crippen LogP contribution < -0.4 is 15.8 Å². The summed E-state index contributed by atoms with van der Waals surface area (Å²) in [5.41, 5.74) is 6.38. The zero-order valence-electron chi connectivity index (χ0n) is 10.4. The molecule has 0 bridgehead atoms. The second-order valence-electron chi connectivity index (χ2n) is 4.04. The zero-order chi connectivity index (χ0) is 14.9. The van der Waals surface area contributed by atoms with Gasteiger partial charge in [0.15, 0.2) is 5.70 Å². The molecule has 1 aliphatic heterocycles. The Labute approximate surface area is 112 Å². The van der Waals surface area contributed by atoms with Crippen LogP contribution in [0.4, 0.5) is 13.2 Å². The van der Waals surface area contributed by atoms with Gasteiger partial charge in [-0.2, -0.15) is 0 Å². The second-order valence-corrected chi connectivity index (χ2v) is 4.04. The smallest absolute Gasteiger partial charge is 0.406 e. The van der Waals surface area contributed by atoms with Crippen LogP contribution in [0, 0.1) is 0 Å². The van der Waals surface area contributed by atoms with E-state index >= 15 is 0 Å². The predicted molar refractivity (Wildman–Crippen MR) is 64.6 cm³/mol. The summed E-state index contributed by atoms with van der Waals surface area (Å²) in [4.78, 5) is 11.6. The highest BCUT2D eigenvalue weighted by molar-refractivity contribution is 6.08. The first-order valence-corrected chi connectivity index (χ1v) is 5.51. The van der Waals surface area contributed by atoms with Gasteiger partial charge in [0.2, 0.25) is 0 Å². The normalized spacial score (nSPS) is 17.6. The Bertz CT molecular complexity index is 603. The highest BCUT2D eigenvalue weighted by Gasteiger charge is 2.31. The Morgan fingerprint density at radius 3 is 2.35 bits per heavy atom. The third-order valence-corrected chi connectivity index (χ3v) is 2.61. The molecule has 106 valence electrons. The van der Waals surface area contributed by atoms with Gasteiger partial charge in [-0.3, -0.25) is 5.73 Å². The zero-order valence-corrected chi connectivity index (χ0v) is 10.4. The molecule has 0 aromatic heterocycles. The number of amides is 1. The Morgan fingerprint density at radius 2 is 1.90 bits per heavy atom. The summed E-state index contributed by atoms with van der Waals surface area (Å²) in [5, 5.41) is 2.42. The van der Waals surface area contributed by atoms with E-state index in [9.17, 15) is 18.0 Å². The average molecular weight is 286 g/mol. The van der Waals surface area contributed by atoms with E-state index in [4.69, 9.17) is 5.73 Å². The van der Waals surface area contributed by atoms with Crippen molar-refractivity contribution in [3.8, 4) is 5.75 Å². The summed E-state index contributed by atoms with van der Waals surface area (Å²) >= 11 is 0. The molecule has 0 saturated carbocycles. The van der Waals surface area contributed by atoms with Gasteiger partial charge in [-0.15, -0.1) is 13.2 Å². The van der Waals surface area contributed by atoms with Crippen LogP contribution in [0.25, 0.3) is 6.08 Å². The molecule has 0 unspecified atom stereocenters. The quantitative estimate of drug-likeness (QED) is 0.630. The topological polar surface area (TPSA) is 67.4 Å². The van der Waals surface area contributed by atoms with Crippen molar-refractivity contribution in [1.29, 1.82) is 0 Å². The predicted octanol–water partition coefficient (Wildman–Crippen LogP) is 1.01. The minimum absolute atomic E-state index is 0.193. The fourth-order valence-electron chi connectivity index (χ4n) is 1.63. The van der Waals surface area contributed by atoms with Crippen molar-refractivity contribution in [2.24, 2.45) is 5.73 Å². The lowest BCUT2D eigenvalue weighted by molar-refractivity contribution is -0.432. The molecule has 0 fully saturated rings. The van der Waals surface area contributed by atoms with Crippen LogP contribution >= 0.6 is 0 Å². The second kappa shape index (κ2) is 4.87. The number of nitrogens with one attached hydrogen (secondary N) is 1. The molecule has 3 N–H and O–H groups in total. The minimum atomic E-state index is -4.73. The molecular weight excluding hydrogens is 275 g/mol. The number of likely N-dealkylation sites (N-methyl/N-ethyl adjacent to an activating group) is 1. The largest absolute Gasteiger partial charge is 0.573 e. The lowest BCUT2D eigenvalue weighted by Gasteiger charge is -2.08. The van der Waals surface area contributed by atoms with E-state index in [1.54, 1.807) is 7.05 Å². The van der Waals surface area contributed by atoms with Gasteiger partial charge in [-0.1, -0.05) is 12.1 Å². The number of ether oxygens (including phenoxy) is 1. The number of benzene rings is 1. The number of nitrogens with zero attached hydrogens (tertiary/aromatic N) is 1. The lowest BCUT2D eigenvalue weighted by atomic mass is 10.2. The van der Waals surface area contributed by atoms with Gasteiger partial charge in [0, 0.05) is 0 Å². The van der Waals surface area contributed by atoms with Gasteiger partial charge in [0.25, 0.3) is 0 Å². The molecule has 1 aromatic rings. The highest BCUT2D eigenvalue weighted by atomic mass is 19.4. The first-order chi connectivity index (χ1) is 9.26. The number of rotatable bonds is 2. The molecule has 1 heterocycles. The number of nitrogens with two attached hydrogens (primary N) is 1. The van der Waals surface area contributed by atoms with E-state index in [0.29, 0.717) is 11.3 Å². The van der Waals surface area contributed by atoms with Gasteiger partial charge in [-0.05, 0) is 23.8 Å². The maximum atomic E-state index is 12.0. The monoisotopic (exact) mass is 286 g/mol.